The third-order valence-electron chi connectivity index (χ3n) is 4.50. The Bertz CT molecular complexity index is 1070. The van der Waals surface area contributed by atoms with Gasteiger partial charge in [0.05, 0.1) is 40.6 Å². The van der Waals surface area contributed by atoms with Gasteiger partial charge in [0.15, 0.2) is 0 Å². The maximum atomic E-state index is 9.90. The molecule has 2 heterocycles. The number of nitrogens with one attached hydrogen (secondary N) is 1. The Morgan fingerprint density at radius 3 is 2.27 bits per heavy atom. The first kappa shape index (κ1) is 16.4. The number of allylic oxidation sites excluding steroid dienone is 2. The number of para-hydroxylation sites is 2. The van der Waals surface area contributed by atoms with Crippen LogP contribution in [0, 0.1) is 22.7 Å². The van der Waals surface area contributed by atoms with Crippen molar-refractivity contribution >= 4 is 34.6 Å². The number of anilines is 2. The second-order valence-electron chi connectivity index (χ2n) is 5.83. The van der Waals surface area contributed by atoms with Crippen LogP contribution in [-0.4, -0.2) is 0 Å². The van der Waals surface area contributed by atoms with Gasteiger partial charge in [-0.25, -0.2) is 0 Å². The molecule has 26 heavy (non-hydrogen) atoms. The number of benzene rings is 2. The largest absolute Gasteiger partial charge is 0.384 e. The Balaban J connectivity index is 2.03. The number of nitriles is 2. The summed E-state index contributed by atoms with van der Waals surface area (Å²) in [6.07, 6.45) is 0. The van der Waals surface area contributed by atoms with Crippen LogP contribution in [0.1, 0.15) is 11.5 Å². The SMILES string of the molecule is N#CC1=C(N)N2C(=C(C#N)C1c1c(Cl)cccc1Cl)Nc1ccccc12. The molecule has 2 aliphatic heterocycles. The van der Waals surface area contributed by atoms with Crippen molar-refractivity contribution in [2.75, 3.05) is 10.2 Å². The molecule has 0 bridgehead atoms. The second kappa shape index (κ2) is 6.00. The predicted octanol–water partition coefficient (Wildman–Crippen LogP) is 4.45. The van der Waals surface area contributed by atoms with Crippen molar-refractivity contribution < 1.29 is 0 Å². The highest BCUT2D eigenvalue weighted by molar-refractivity contribution is 6.36. The Morgan fingerprint density at radius 1 is 0.962 bits per heavy atom. The van der Waals surface area contributed by atoms with Gasteiger partial charge in [0.25, 0.3) is 0 Å². The standard InChI is InChI=1S/C19H11Cl2N5/c20-12-4-3-5-13(21)17(12)16-10(8-22)18(24)26-15-7-2-1-6-14(15)25-19(26)11(16)9-23/h1-7,16,25H,24H2. The highest BCUT2D eigenvalue weighted by Gasteiger charge is 2.41. The summed E-state index contributed by atoms with van der Waals surface area (Å²) in [6.45, 7) is 0. The fraction of sp³-hybridized carbons (Fsp3) is 0.0526. The Kier molecular flexibility index (Phi) is 3.77. The van der Waals surface area contributed by atoms with Gasteiger partial charge in [-0.05, 0) is 24.3 Å². The maximum Gasteiger partial charge on any atom is 0.131 e. The van der Waals surface area contributed by atoms with E-state index in [-0.39, 0.29) is 11.4 Å². The molecule has 5 nitrogen and oxygen atoms in total. The summed E-state index contributed by atoms with van der Waals surface area (Å²) in [4.78, 5) is 1.69. The minimum atomic E-state index is -0.737. The molecule has 4 rings (SSSR count). The summed E-state index contributed by atoms with van der Waals surface area (Å²) < 4.78 is 0. The van der Waals surface area contributed by atoms with E-state index in [2.05, 4.69) is 17.5 Å². The molecule has 1 unspecified atom stereocenters. The summed E-state index contributed by atoms with van der Waals surface area (Å²) in [5, 5.41) is 23.7. The normalized spacial score (nSPS) is 18.0. The topological polar surface area (TPSA) is 88.9 Å². The molecule has 0 saturated carbocycles. The first-order valence-electron chi connectivity index (χ1n) is 7.72. The third-order valence-corrected chi connectivity index (χ3v) is 5.16. The smallest absolute Gasteiger partial charge is 0.131 e. The van der Waals surface area contributed by atoms with Crippen LogP contribution >= 0.6 is 23.2 Å². The zero-order valence-electron chi connectivity index (χ0n) is 13.3. The van der Waals surface area contributed by atoms with E-state index in [0.717, 1.165) is 11.4 Å². The first-order valence-corrected chi connectivity index (χ1v) is 8.48. The molecular weight excluding hydrogens is 369 g/mol. The molecule has 0 radical (unpaired) electrons. The van der Waals surface area contributed by atoms with Crippen molar-refractivity contribution in [2.24, 2.45) is 5.73 Å². The van der Waals surface area contributed by atoms with Crippen molar-refractivity contribution in [1.82, 2.24) is 0 Å². The molecule has 0 spiro atoms. The molecule has 2 aromatic rings. The summed E-state index contributed by atoms with van der Waals surface area (Å²) in [6, 6.07) is 16.9. The average Bonchev–Trinajstić information content (AvgIpc) is 3.01. The van der Waals surface area contributed by atoms with Crippen LogP contribution in [0.3, 0.4) is 0 Å². The van der Waals surface area contributed by atoms with Gasteiger partial charge < -0.3 is 11.1 Å². The highest BCUT2D eigenvalue weighted by atomic mass is 35.5. The molecule has 2 aliphatic rings. The molecule has 0 fully saturated rings. The van der Waals surface area contributed by atoms with E-state index in [0.29, 0.717) is 27.0 Å². The van der Waals surface area contributed by atoms with Gasteiger partial charge in [-0.2, -0.15) is 10.5 Å². The van der Waals surface area contributed by atoms with Gasteiger partial charge in [-0.15, -0.1) is 0 Å². The highest BCUT2D eigenvalue weighted by Crippen LogP contribution is 2.49. The van der Waals surface area contributed by atoms with Gasteiger partial charge in [0.2, 0.25) is 0 Å². The van der Waals surface area contributed by atoms with Gasteiger partial charge in [-0.3, -0.25) is 4.90 Å². The van der Waals surface area contributed by atoms with E-state index in [1.807, 2.05) is 24.3 Å². The number of fused-ring (bicyclic) bond motifs is 3. The van der Waals surface area contributed by atoms with Crippen LogP contribution in [0.2, 0.25) is 10.0 Å². The summed E-state index contributed by atoms with van der Waals surface area (Å²) in [7, 11) is 0. The number of nitrogens with two attached hydrogens (primary N) is 1. The zero-order valence-corrected chi connectivity index (χ0v) is 14.8. The molecule has 126 valence electrons. The quantitative estimate of drug-likeness (QED) is 0.763. The molecule has 2 aromatic carbocycles. The lowest BCUT2D eigenvalue weighted by Gasteiger charge is -2.32. The Hall–Kier alpha value is -3.12. The monoisotopic (exact) mass is 379 g/mol. The minimum absolute atomic E-state index is 0.235. The molecule has 3 N–H and O–H groups in total. The number of hydrogen-bond donors (Lipinski definition) is 2. The third kappa shape index (κ3) is 2.16. The van der Waals surface area contributed by atoms with Gasteiger partial charge >= 0.3 is 0 Å². The molecule has 1 atom stereocenters. The van der Waals surface area contributed by atoms with E-state index >= 15 is 0 Å². The van der Waals surface area contributed by atoms with E-state index in [9.17, 15) is 10.5 Å². The van der Waals surface area contributed by atoms with Crippen molar-refractivity contribution in [3.8, 4) is 12.1 Å². The predicted molar refractivity (Wildman–Crippen MR) is 101 cm³/mol. The number of rotatable bonds is 1. The van der Waals surface area contributed by atoms with Gasteiger partial charge in [-0.1, -0.05) is 41.4 Å². The van der Waals surface area contributed by atoms with Crippen LogP contribution in [0.5, 0.6) is 0 Å². The lowest BCUT2D eigenvalue weighted by molar-refractivity contribution is 0.869. The van der Waals surface area contributed by atoms with Crippen molar-refractivity contribution in [3.63, 3.8) is 0 Å². The number of hydrogen-bond acceptors (Lipinski definition) is 5. The number of halogens is 2. The lowest BCUT2D eigenvalue weighted by atomic mass is 9.83. The van der Waals surface area contributed by atoms with Gasteiger partial charge in [0.1, 0.15) is 11.6 Å². The van der Waals surface area contributed by atoms with E-state index in [4.69, 9.17) is 28.9 Å². The summed E-state index contributed by atoms with van der Waals surface area (Å²) in [5.74, 6) is 0.0328. The van der Waals surface area contributed by atoms with Crippen LogP contribution in [0.4, 0.5) is 11.4 Å². The fourth-order valence-electron chi connectivity index (χ4n) is 3.38. The van der Waals surface area contributed by atoms with Crippen LogP contribution in [0.15, 0.2) is 65.3 Å². The second-order valence-corrected chi connectivity index (χ2v) is 6.65. The minimum Gasteiger partial charge on any atom is -0.384 e. The van der Waals surface area contributed by atoms with E-state index in [1.54, 1.807) is 23.1 Å². The van der Waals surface area contributed by atoms with Crippen LogP contribution in [0.25, 0.3) is 0 Å². The molecule has 0 aliphatic carbocycles. The summed E-state index contributed by atoms with van der Waals surface area (Å²) in [5.41, 5.74) is 9.00. The Labute approximate surface area is 160 Å². The van der Waals surface area contributed by atoms with Crippen LogP contribution in [-0.2, 0) is 0 Å². The average molecular weight is 380 g/mol. The Morgan fingerprint density at radius 2 is 1.62 bits per heavy atom. The van der Waals surface area contributed by atoms with Gasteiger partial charge in [0, 0.05) is 15.6 Å². The van der Waals surface area contributed by atoms with Crippen LogP contribution < -0.4 is 16.0 Å². The molecule has 7 heteroatoms. The first-order chi connectivity index (χ1) is 12.6. The zero-order chi connectivity index (χ0) is 18.4. The lowest BCUT2D eigenvalue weighted by Crippen LogP contribution is -2.34. The van der Waals surface area contributed by atoms with E-state index < -0.39 is 5.92 Å². The molecule has 0 amide bonds. The number of nitrogens with zero attached hydrogens (tertiary/aromatic N) is 3. The van der Waals surface area contributed by atoms with E-state index in [1.165, 1.54) is 0 Å². The maximum absolute atomic E-state index is 9.90. The fourth-order valence-corrected chi connectivity index (χ4v) is 4.00. The summed E-state index contributed by atoms with van der Waals surface area (Å²) >= 11 is 12.7. The molecular formula is C19H11Cl2N5. The molecule has 0 saturated heterocycles. The van der Waals surface area contributed by atoms with Crippen molar-refractivity contribution in [1.29, 1.82) is 10.5 Å². The van der Waals surface area contributed by atoms with Crippen molar-refractivity contribution in [3.05, 3.63) is 80.9 Å². The molecule has 0 aromatic heterocycles. The van der Waals surface area contributed by atoms with Crippen molar-refractivity contribution in [2.45, 2.75) is 5.92 Å².